The number of methoxy groups -OCH3 is 1. The van der Waals surface area contributed by atoms with Gasteiger partial charge in [-0.15, -0.1) is 0 Å². The van der Waals surface area contributed by atoms with E-state index in [9.17, 15) is 0 Å². The van der Waals surface area contributed by atoms with Gasteiger partial charge in [0.25, 0.3) is 0 Å². The number of hydrogen-bond donors (Lipinski definition) is 1. The molecule has 2 N–H and O–H groups in total. The van der Waals surface area contributed by atoms with E-state index in [1.807, 2.05) is 13.8 Å². The van der Waals surface area contributed by atoms with E-state index in [-0.39, 0.29) is 12.0 Å². The SMILES string of the molecule is COC1(c2noc(C(C)C(C)N)n2)CCOCC1. The summed E-state index contributed by atoms with van der Waals surface area (Å²) >= 11 is 0. The first-order valence-corrected chi connectivity index (χ1v) is 6.31. The van der Waals surface area contributed by atoms with Crippen molar-refractivity contribution in [2.24, 2.45) is 5.73 Å². The quantitative estimate of drug-likeness (QED) is 0.869. The van der Waals surface area contributed by atoms with Gasteiger partial charge in [0.15, 0.2) is 0 Å². The summed E-state index contributed by atoms with van der Waals surface area (Å²) in [7, 11) is 1.68. The van der Waals surface area contributed by atoms with E-state index >= 15 is 0 Å². The molecule has 2 unspecified atom stereocenters. The molecule has 1 saturated heterocycles. The van der Waals surface area contributed by atoms with Crippen LogP contribution in [0.3, 0.4) is 0 Å². The van der Waals surface area contributed by atoms with Gasteiger partial charge in [-0.3, -0.25) is 0 Å². The smallest absolute Gasteiger partial charge is 0.231 e. The summed E-state index contributed by atoms with van der Waals surface area (Å²) in [6.45, 7) is 5.21. The van der Waals surface area contributed by atoms with Crippen molar-refractivity contribution < 1.29 is 14.0 Å². The number of rotatable bonds is 4. The van der Waals surface area contributed by atoms with Gasteiger partial charge in [-0.25, -0.2) is 0 Å². The Hall–Kier alpha value is -0.980. The number of aromatic nitrogens is 2. The Kier molecular flexibility index (Phi) is 3.99. The molecule has 1 aliphatic rings. The van der Waals surface area contributed by atoms with E-state index in [1.165, 1.54) is 0 Å². The molecular formula is C12H21N3O3. The summed E-state index contributed by atoms with van der Waals surface area (Å²) in [5.41, 5.74) is 5.37. The molecule has 6 nitrogen and oxygen atoms in total. The Morgan fingerprint density at radius 2 is 2.00 bits per heavy atom. The minimum atomic E-state index is -0.475. The summed E-state index contributed by atoms with van der Waals surface area (Å²) in [6.07, 6.45) is 1.49. The van der Waals surface area contributed by atoms with Crippen LogP contribution in [0.4, 0.5) is 0 Å². The fourth-order valence-corrected chi connectivity index (χ4v) is 2.05. The Morgan fingerprint density at radius 3 is 2.56 bits per heavy atom. The molecule has 6 heteroatoms. The third-order valence-corrected chi connectivity index (χ3v) is 3.72. The summed E-state index contributed by atoms with van der Waals surface area (Å²) < 4.78 is 16.3. The van der Waals surface area contributed by atoms with E-state index < -0.39 is 5.60 Å². The molecule has 2 rings (SSSR count). The van der Waals surface area contributed by atoms with Crippen LogP contribution in [0.5, 0.6) is 0 Å². The average Bonchev–Trinajstić information content (AvgIpc) is 2.88. The van der Waals surface area contributed by atoms with E-state index in [2.05, 4.69) is 10.1 Å². The maximum absolute atomic E-state index is 5.84. The zero-order valence-corrected chi connectivity index (χ0v) is 11.2. The molecule has 1 fully saturated rings. The molecule has 0 aliphatic carbocycles. The first kappa shape index (κ1) is 13.5. The summed E-state index contributed by atoms with van der Waals surface area (Å²) in [5, 5.41) is 4.06. The van der Waals surface area contributed by atoms with Crippen molar-refractivity contribution in [1.29, 1.82) is 0 Å². The predicted octanol–water partition coefficient (Wildman–Crippen LogP) is 1.17. The summed E-state index contributed by atoms with van der Waals surface area (Å²) in [5.74, 6) is 1.22. The highest BCUT2D eigenvalue weighted by molar-refractivity contribution is 5.05. The molecule has 0 radical (unpaired) electrons. The van der Waals surface area contributed by atoms with Crippen molar-refractivity contribution in [3.63, 3.8) is 0 Å². The second-order valence-electron chi connectivity index (χ2n) is 4.91. The van der Waals surface area contributed by atoms with Gasteiger partial charge in [0.05, 0.1) is 5.92 Å². The Labute approximate surface area is 107 Å². The van der Waals surface area contributed by atoms with Crippen molar-refractivity contribution >= 4 is 0 Å². The zero-order chi connectivity index (χ0) is 13.2. The number of hydrogen-bond acceptors (Lipinski definition) is 6. The van der Waals surface area contributed by atoms with E-state index in [0.717, 1.165) is 12.8 Å². The standard InChI is InChI=1S/C12H21N3O3/c1-8(9(2)13)10-14-11(15-18-10)12(16-3)4-6-17-7-5-12/h8-9H,4-7,13H2,1-3H3. The second kappa shape index (κ2) is 5.34. The minimum Gasteiger partial charge on any atom is -0.381 e. The second-order valence-corrected chi connectivity index (χ2v) is 4.91. The lowest BCUT2D eigenvalue weighted by Crippen LogP contribution is -2.36. The molecule has 102 valence electrons. The van der Waals surface area contributed by atoms with Gasteiger partial charge in [0.1, 0.15) is 5.60 Å². The van der Waals surface area contributed by atoms with E-state index in [4.69, 9.17) is 19.7 Å². The van der Waals surface area contributed by atoms with Crippen LogP contribution >= 0.6 is 0 Å². The van der Waals surface area contributed by atoms with Gasteiger partial charge >= 0.3 is 0 Å². The number of ether oxygens (including phenoxy) is 2. The molecule has 0 spiro atoms. The first-order chi connectivity index (χ1) is 8.59. The van der Waals surface area contributed by atoms with Crippen LogP contribution in [0.15, 0.2) is 4.52 Å². The highest BCUT2D eigenvalue weighted by atomic mass is 16.5. The molecule has 2 atom stereocenters. The molecule has 1 aromatic heterocycles. The van der Waals surface area contributed by atoms with Gasteiger partial charge < -0.3 is 19.7 Å². The predicted molar refractivity (Wildman–Crippen MR) is 65.1 cm³/mol. The maximum Gasteiger partial charge on any atom is 0.231 e. The summed E-state index contributed by atoms with van der Waals surface area (Å²) in [4.78, 5) is 4.46. The highest BCUT2D eigenvalue weighted by Gasteiger charge is 2.39. The molecule has 0 aromatic carbocycles. The lowest BCUT2D eigenvalue weighted by atomic mass is 9.93. The molecule has 1 aliphatic heterocycles. The lowest BCUT2D eigenvalue weighted by molar-refractivity contribution is -0.101. The van der Waals surface area contributed by atoms with Gasteiger partial charge in [0.2, 0.25) is 11.7 Å². The third kappa shape index (κ3) is 2.41. The summed E-state index contributed by atoms with van der Waals surface area (Å²) in [6, 6.07) is -0.0218. The van der Waals surface area contributed by atoms with Crippen molar-refractivity contribution in [1.82, 2.24) is 10.1 Å². The Balaban J connectivity index is 2.22. The number of nitrogens with two attached hydrogens (primary N) is 1. The van der Waals surface area contributed by atoms with Crippen LogP contribution < -0.4 is 5.73 Å². The molecule has 1 aromatic rings. The molecule has 2 heterocycles. The average molecular weight is 255 g/mol. The van der Waals surface area contributed by atoms with E-state index in [1.54, 1.807) is 7.11 Å². The van der Waals surface area contributed by atoms with Crippen molar-refractivity contribution in [3.05, 3.63) is 11.7 Å². The van der Waals surface area contributed by atoms with Crippen LogP contribution in [0.1, 0.15) is 44.3 Å². The molecule has 0 bridgehead atoms. The van der Waals surface area contributed by atoms with Gasteiger partial charge in [0, 0.05) is 39.2 Å². The first-order valence-electron chi connectivity index (χ1n) is 6.31. The Morgan fingerprint density at radius 1 is 1.33 bits per heavy atom. The fraction of sp³-hybridized carbons (Fsp3) is 0.833. The van der Waals surface area contributed by atoms with Gasteiger partial charge in [-0.1, -0.05) is 12.1 Å². The van der Waals surface area contributed by atoms with E-state index in [0.29, 0.717) is 24.9 Å². The van der Waals surface area contributed by atoms with Crippen LogP contribution in [0.25, 0.3) is 0 Å². The van der Waals surface area contributed by atoms with Crippen molar-refractivity contribution in [3.8, 4) is 0 Å². The fourth-order valence-electron chi connectivity index (χ4n) is 2.05. The van der Waals surface area contributed by atoms with Crippen LogP contribution in [0.2, 0.25) is 0 Å². The molecule has 0 saturated carbocycles. The highest BCUT2D eigenvalue weighted by Crippen LogP contribution is 2.34. The zero-order valence-electron chi connectivity index (χ0n) is 11.2. The Bertz CT molecular complexity index is 386. The largest absolute Gasteiger partial charge is 0.381 e. The monoisotopic (exact) mass is 255 g/mol. The van der Waals surface area contributed by atoms with Crippen molar-refractivity contribution in [2.45, 2.75) is 44.2 Å². The molecule has 0 amide bonds. The topological polar surface area (TPSA) is 83.4 Å². The van der Waals surface area contributed by atoms with Gasteiger partial charge in [-0.05, 0) is 6.92 Å². The normalized spacial score (nSPS) is 22.7. The molecular weight excluding hydrogens is 234 g/mol. The maximum atomic E-state index is 5.84. The van der Waals surface area contributed by atoms with Crippen LogP contribution in [-0.2, 0) is 15.1 Å². The van der Waals surface area contributed by atoms with Crippen molar-refractivity contribution in [2.75, 3.05) is 20.3 Å². The van der Waals surface area contributed by atoms with Crippen LogP contribution in [0, 0.1) is 0 Å². The molecule has 18 heavy (non-hydrogen) atoms. The minimum absolute atomic E-state index is 0.0218. The third-order valence-electron chi connectivity index (χ3n) is 3.72. The van der Waals surface area contributed by atoms with Gasteiger partial charge in [-0.2, -0.15) is 4.98 Å². The lowest BCUT2D eigenvalue weighted by Gasteiger charge is -2.32. The van der Waals surface area contributed by atoms with Crippen LogP contribution in [-0.4, -0.2) is 36.5 Å². The number of nitrogens with zero attached hydrogens (tertiary/aromatic N) is 2.